The van der Waals surface area contributed by atoms with Gasteiger partial charge in [-0.1, -0.05) is 42.5 Å². The zero-order chi connectivity index (χ0) is 30.9. The molecule has 2 unspecified atom stereocenters. The Hall–Kier alpha value is -3.98. The molecule has 0 saturated carbocycles. The topological polar surface area (TPSA) is 90.4 Å². The minimum atomic E-state index is -3.39. The van der Waals surface area contributed by atoms with Crippen LogP contribution in [0.4, 0.5) is 5.69 Å². The van der Waals surface area contributed by atoms with Crippen molar-refractivity contribution in [2.45, 2.75) is 36.5 Å². The van der Waals surface area contributed by atoms with Crippen molar-refractivity contribution in [2.24, 2.45) is 0 Å². The van der Waals surface area contributed by atoms with Gasteiger partial charge in [0.05, 0.1) is 22.7 Å². The van der Waals surface area contributed by atoms with Gasteiger partial charge in [-0.05, 0) is 104 Å². The van der Waals surface area contributed by atoms with Gasteiger partial charge in [-0.3, -0.25) is 9.78 Å². The summed E-state index contributed by atoms with van der Waals surface area (Å²) < 4.78 is 36.3. The van der Waals surface area contributed by atoms with Crippen molar-refractivity contribution in [1.29, 1.82) is 0 Å². The first-order valence-corrected chi connectivity index (χ1v) is 17.3. The molecule has 0 aliphatic carbocycles. The van der Waals surface area contributed by atoms with Crippen LogP contribution in [0.25, 0.3) is 22.0 Å². The maximum atomic E-state index is 14.0. The third-order valence-electron chi connectivity index (χ3n) is 7.97. The first kappa shape index (κ1) is 30.5. The van der Waals surface area contributed by atoms with Crippen LogP contribution in [-0.2, 0) is 25.8 Å². The van der Waals surface area contributed by atoms with Gasteiger partial charge in [-0.15, -0.1) is 0 Å². The standard InChI is InChI=1S/C35H34N2O4S2/c1-24(37(34(38)25-11-7-6-8-12-25)30-16-18-31(19-17-30)43(5,40)41)26-13-9-14-27(21-26)32-23-29(35(2,3)42(4)39)22-28-15-10-20-36-33(28)32/h6-24H,1-5H3. The second-order valence-corrected chi connectivity index (χ2v) is 15.1. The molecule has 0 N–H and O–H groups in total. The Labute approximate surface area is 256 Å². The Morgan fingerprint density at radius 2 is 1.60 bits per heavy atom. The number of benzene rings is 4. The lowest BCUT2D eigenvalue weighted by atomic mass is 9.92. The molecular formula is C35H34N2O4S2. The molecule has 0 saturated heterocycles. The smallest absolute Gasteiger partial charge is 0.258 e. The number of anilines is 1. The number of hydrogen-bond acceptors (Lipinski definition) is 5. The predicted molar refractivity (Wildman–Crippen MR) is 175 cm³/mol. The third kappa shape index (κ3) is 6.22. The van der Waals surface area contributed by atoms with E-state index in [1.165, 1.54) is 12.1 Å². The summed E-state index contributed by atoms with van der Waals surface area (Å²) >= 11 is -1.11. The van der Waals surface area contributed by atoms with Crippen LogP contribution in [0.1, 0.15) is 48.3 Å². The van der Waals surface area contributed by atoms with Crippen molar-refractivity contribution in [1.82, 2.24) is 4.98 Å². The molecule has 0 fully saturated rings. The first-order valence-electron chi connectivity index (χ1n) is 13.9. The number of pyridine rings is 1. The maximum absolute atomic E-state index is 14.0. The van der Waals surface area contributed by atoms with E-state index >= 15 is 0 Å². The molecule has 0 spiro atoms. The lowest BCUT2D eigenvalue weighted by molar-refractivity contribution is 0.0978. The van der Waals surface area contributed by atoms with Crippen LogP contribution in [0, 0.1) is 0 Å². The lowest BCUT2D eigenvalue weighted by Crippen LogP contribution is -2.33. The van der Waals surface area contributed by atoms with Crippen molar-refractivity contribution in [3.63, 3.8) is 0 Å². The van der Waals surface area contributed by atoms with Crippen LogP contribution in [0.15, 0.2) is 114 Å². The van der Waals surface area contributed by atoms with Crippen LogP contribution in [-0.4, -0.2) is 36.4 Å². The number of aromatic nitrogens is 1. The van der Waals surface area contributed by atoms with Crippen LogP contribution in [0.3, 0.4) is 0 Å². The van der Waals surface area contributed by atoms with Crippen LogP contribution in [0.2, 0.25) is 0 Å². The molecule has 0 bridgehead atoms. The summed E-state index contributed by atoms with van der Waals surface area (Å²) in [7, 11) is -3.39. The summed E-state index contributed by atoms with van der Waals surface area (Å²) in [6, 6.07) is 31.1. The van der Waals surface area contributed by atoms with E-state index in [-0.39, 0.29) is 10.8 Å². The fraction of sp³-hybridized carbons (Fsp3) is 0.200. The molecule has 0 aliphatic rings. The highest BCUT2D eigenvalue weighted by Crippen LogP contribution is 2.38. The van der Waals surface area contributed by atoms with Crippen LogP contribution >= 0.6 is 0 Å². The minimum absolute atomic E-state index is 0.188. The summed E-state index contributed by atoms with van der Waals surface area (Å²) in [5, 5.41) is 0.957. The van der Waals surface area contributed by atoms with Crippen molar-refractivity contribution in [3.05, 3.63) is 126 Å². The molecule has 0 radical (unpaired) electrons. The van der Waals surface area contributed by atoms with Crippen molar-refractivity contribution in [2.75, 3.05) is 17.4 Å². The summed E-state index contributed by atoms with van der Waals surface area (Å²) in [6.07, 6.45) is 4.65. The molecule has 6 nitrogen and oxygen atoms in total. The number of fused-ring (bicyclic) bond motifs is 1. The zero-order valence-electron chi connectivity index (χ0n) is 24.8. The summed E-state index contributed by atoms with van der Waals surface area (Å²) in [6.45, 7) is 5.91. The molecule has 8 heteroatoms. The maximum Gasteiger partial charge on any atom is 0.258 e. The Bertz CT molecular complexity index is 1890. The molecule has 1 aromatic heterocycles. The quantitative estimate of drug-likeness (QED) is 0.172. The van der Waals surface area contributed by atoms with E-state index in [0.717, 1.165) is 39.4 Å². The molecule has 5 aromatic rings. The largest absolute Gasteiger partial charge is 0.616 e. The average Bonchev–Trinajstić information content (AvgIpc) is 3.00. The number of carbonyl (C=O) groups is 1. The molecule has 0 aliphatic heterocycles. The number of sulfone groups is 1. The summed E-state index contributed by atoms with van der Waals surface area (Å²) in [5.41, 5.74) is 5.63. The Balaban J connectivity index is 1.63. The van der Waals surface area contributed by atoms with Gasteiger partial charge in [0.25, 0.3) is 5.91 Å². The lowest BCUT2D eigenvalue weighted by Gasteiger charge is -2.30. The number of amides is 1. The number of nitrogens with zero attached hydrogens (tertiary/aromatic N) is 2. The Kier molecular flexibility index (Phi) is 8.47. The highest BCUT2D eigenvalue weighted by molar-refractivity contribution is 7.91. The summed E-state index contributed by atoms with van der Waals surface area (Å²) in [4.78, 5) is 20.5. The molecule has 4 aromatic carbocycles. The van der Waals surface area contributed by atoms with Gasteiger partial charge in [0.15, 0.2) is 9.84 Å². The first-order chi connectivity index (χ1) is 20.4. The van der Waals surface area contributed by atoms with E-state index in [9.17, 15) is 17.8 Å². The van der Waals surface area contributed by atoms with E-state index in [2.05, 4.69) is 23.2 Å². The van der Waals surface area contributed by atoms with Gasteiger partial charge in [0.1, 0.15) is 4.75 Å². The summed E-state index contributed by atoms with van der Waals surface area (Å²) in [5.74, 6) is -0.202. The molecule has 1 heterocycles. The minimum Gasteiger partial charge on any atom is -0.616 e. The van der Waals surface area contributed by atoms with Crippen molar-refractivity contribution in [3.8, 4) is 11.1 Å². The monoisotopic (exact) mass is 610 g/mol. The third-order valence-corrected chi connectivity index (χ3v) is 10.8. The van der Waals surface area contributed by atoms with Gasteiger partial charge in [-0.2, -0.15) is 0 Å². The van der Waals surface area contributed by atoms with E-state index in [0.29, 0.717) is 11.3 Å². The second-order valence-electron chi connectivity index (χ2n) is 11.2. The van der Waals surface area contributed by atoms with Gasteiger partial charge in [-0.25, -0.2) is 8.42 Å². The number of rotatable bonds is 8. The number of hydrogen-bond donors (Lipinski definition) is 0. The van der Waals surface area contributed by atoms with Gasteiger partial charge < -0.3 is 9.45 Å². The second kappa shape index (κ2) is 12.0. The predicted octanol–water partition coefficient (Wildman–Crippen LogP) is 7.33. The molecule has 1 amide bonds. The molecule has 220 valence electrons. The fourth-order valence-electron chi connectivity index (χ4n) is 5.13. The normalized spacial score (nSPS) is 13.4. The van der Waals surface area contributed by atoms with Crippen LogP contribution < -0.4 is 4.90 Å². The zero-order valence-corrected chi connectivity index (χ0v) is 26.4. The van der Waals surface area contributed by atoms with Crippen LogP contribution in [0.5, 0.6) is 0 Å². The average molecular weight is 611 g/mol. The fourth-order valence-corrected chi connectivity index (χ4v) is 6.21. The molecule has 43 heavy (non-hydrogen) atoms. The van der Waals surface area contributed by atoms with E-state index in [4.69, 9.17) is 0 Å². The Morgan fingerprint density at radius 1 is 0.907 bits per heavy atom. The van der Waals surface area contributed by atoms with E-state index in [1.807, 2.05) is 69.3 Å². The molecule has 5 rings (SSSR count). The van der Waals surface area contributed by atoms with Gasteiger partial charge in [0, 0.05) is 40.2 Å². The highest BCUT2D eigenvalue weighted by Gasteiger charge is 2.32. The number of carbonyl (C=O) groups excluding carboxylic acids is 1. The van der Waals surface area contributed by atoms with Crippen molar-refractivity contribution < 1.29 is 17.8 Å². The Morgan fingerprint density at radius 3 is 2.26 bits per heavy atom. The molecular weight excluding hydrogens is 577 g/mol. The van der Waals surface area contributed by atoms with Gasteiger partial charge in [0.2, 0.25) is 0 Å². The SMILES string of the molecule is CC(c1cccc(-c2cc(C(C)(C)[S+](C)[O-])cc3cccnc23)c1)N(C(=O)c1ccccc1)c1ccc(S(C)(=O)=O)cc1. The molecule has 2 atom stereocenters. The van der Waals surface area contributed by atoms with E-state index < -0.39 is 31.8 Å². The highest BCUT2D eigenvalue weighted by atomic mass is 32.2. The van der Waals surface area contributed by atoms with E-state index in [1.54, 1.807) is 41.6 Å². The van der Waals surface area contributed by atoms with Gasteiger partial charge >= 0.3 is 0 Å². The van der Waals surface area contributed by atoms with Crippen molar-refractivity contribution >= 4 is 43.5 Å².